The minimum atomic E-state index is 0.598. The Labute approximate surface area is 158 Å². The quantitative estimate of drug-likeness (QED) is 0.648. The van der Waals surface area contributed by atoms with Gasteiger partial charge in [0, 0.05) is 29.0 Å². The third-order valence-corrected chi connectivity index (χ3v) is 4.79. The number of unbranched alkanes of at least 4 members (excludes halogenated alkanes) is 1. The molecule has 0 fully saturated rings. The van der Waals surface area contributed by atoms with Crippen molar-refractivity contribution in [3.8, 4) is 11.3 Å². The maximum atomic E-state index is 6.44. The number of aromatic nitrogens is 2. The van der Waals surface area contributed by atoms with Crippen LogP contribution in [0, 0.1) is 0 Å². The van der Waals surface area contributed by atoms with Crippen molar-refractivity contribution in [1.29, 1.82) is 0 Å². The fraction of sp³-hybridized carbons (Fsp3) is 0.316. The number of imidazole rings is 1. The minimum Gasteiger partial charge on any atom is -0.398 e. The van der Waals surface area contributed by atoms with Crippen molar-refractivity contribution >= 4 is 34.5 Å². The molecule has 6 heteroatoms. The van der Waals surface area contributed by atoms with E-state index in [0.717, 1.165) is 42.1 Å². The lowest BCUT2D eigenvalue weighted by Gasteiger charge is -2.17. The molecule has 0 aliphatic rings. The molecule has 132 valence electrons. The van der Waals surface area contributed by atoms with Crippen LogP contribution in [0.2, 0.25) is 10.0 Å². The molecule has 0 amide bonds. The Morgan fingerprint density at radius 3 is 2.72 bits per heavy atom. The van der Waals surface area contributed by atoms with E-state index in [-0.39, 0.29) is 0 Å². The molecule has 2 aromatic heterocycles. The van der Waals surface area contributed by atoms with E-state index in [1.54, 1.807) is 6.07 Å². The fourth-order valence-electron chi connectivity index (χ4n) is 2.92. The summed E-state index contributed by atoms with van der Waals surface area (Å²) in [6.07, 6.45) is 4.24. The van der Waals surface area contributed by atoms with Crippen LogP contribution >= 0.6 is 23.2 Å². The molecule has 2 N–H and O–H groups in total. The molecule has 4 nitrogen and oxygen atoms in total. The van der Waals surface area contributed by atoms with E-state index in [1.807, 2.05) is 30.5 Å². The van der Waals surface area contributed by atoms with E-state index in [9.17, 15) is 0 Å². The van der Waals surface area contributed by atoms with Crippen LogP contribution in [0.5, 0.6) is 0 Å². The summed E-state index contributed by atoms with van der Waals surface area (Å²) in [6.45, 7) is 3.99. The lowest BCUT2D eigenvalue weighted by molar-refractivity contribution is 0.316. The summed E-state index contributed by atoms with van der Waals surface area (Å²) < 4.78 is 2.05. The highest BCUT2D eigenvalue weighted by molar-refractivity contribution is 6.36. The standard InChI is InChI=1S/C19H22Cl2N4/c1-3-4-9-24(2)12-17-19(15-7-5-13(20)10-16(15)21)23-18-8-6-14(22)11-25(17)18/h5-8,10-11H,3-4,9,12,22H2,1-2H3. The Bertz CT molecular complexity index is 889. The highest BCUT2D eigenvalue weighted by Crippen LogP contribution is 2.33. The van der Waals surface area contributed by atoms with Crippen LogP contribution in [0.1, 0.15) is 25.5 Å². The zero-order chi connectivity index (χ0) is 18.0. The Kier molecular flexibility index (Phi) is 5.52. The number of fused-ring (bicyclic) bond motifs is 1. The highest BCUT2D eigenvalue weighted by atomic mass is 35.5. The van der Waals surface area contributed by atoms with Gasteiger partial charge in [0.15, 0.2) is 0 Å². The molecule has 0 radical (unpaired) electrons. The van der Waals surface area contributed by atoms with Crippen LogP contribution in [-0.2, 0) is 6.54 Å². The molecule has 0 unspecified atom stereocenters. The third kappa shape index (κ3) is 3.92. The summed E-state index contributed by atoms with van der Waals surface area (Å²) in [5.74, 6) is 0. The topological polar surface area (TPSA) is 46.6 Å². The summed E-state index contributed by atoms with van der Waals surface area (Å²) in [4.78, 5) is 7.10. The number of nitrogens with two attached hydrogens (primary N) is 1. The maximum Gasteiger partial charge on any atom is 0.137 e. The van der Waals surface area contributed by atoms with Gasteiger partial charge in [-0.3, -0.25) is 0 Å². The van der Waals surface area contributed by atoms with Crippen molar-refractivity contribution in [3.63, 3.8) is 0 Å². The van der Waals surface area contributed by atoms with E-state index in [2.05, 4.69) is 23.3 Å². The van der Waals surface area contributed by atoms with E-state index in [1.165, 1.54) is 6.42 Å². The molecule has 0 atom stereocenters. The van der Waals surface area contributed by atoms with Crippen molar-refractivity contribution in [2.75, 3.05) is 19.3 Å². The van der Waals surface area contributed by atoms with E-state index < -0.39 is 0 Å². The minimum absolute atomic E-state index is 0.598. The summed E-state index contributed by atoms with van der Waals surface area (Å²) in [5, 5.41) is 1.21. The van der Waals surface area contributed by atoms with Crippen molar-refractivity contribution in [2.45, 2.75) is 26.3 Å². The normalized spacial score (nSPS) is 11.6. The first-order chi connectivity index (χ1) is 12.0. The van der Waals surface area contributed by atoms with Crippen molar-refractivity contribution in [1.82, 2.24) is 14.3 Å². The van der Waals surface area contributed by atoms with Crippen LogP contribution < -0.4 is 5.73 Å². The number of anilines is 1. The number of rotatable bonds is 6. The summed E-state index contributed by atoms with van der Waals surface area (Å²) >= 11 is 12.5. The predicted octanol–water partition coefficient (Wildman–Crippen LogP) is 5.12. The maximum absolute atomic E-state index is 6.44. The molecule has 0 aliphatic heterocycles. The van der Waals surface area contributed by atoms with Crippen molar-refractivity contribution in [2.24, 2.45) is 0 Å². The van der Waals surface area contributed by atoms with Gasteiger partial charge >= 0.3 is 0 Å². The van der Waals surface area contributed by atoms with Crippen LogP contribution in [-0.4, -0.2) is 27.9 Å². The lowest BCUT2D eigenvalue weighted by Crippen LogP contribution is -2.20. The molecule has 3 rings (SSSR count). The molecule has 0 saturated heterocycles. The second kappa shape index (κ2) is 7.65. The second-order valence-electron chi connectivity index (χ2n) is 6.31. The first-order valence-electron chi connectivity index (χ1n) is 8.40. The number of pyridine rings is 1. The Morgan fingerprint density at radius 1 is 1.20 bits per heavy atom. The average Bonchev–Trinajstić information content (AvgIpc) is 2.90. The van der Waals surface area contributed by atoms with Gasteiger partial charge in [0.25, 0.3) is 0 Å². The molecule has 25 heavy (non-hydrogen) atoms. The van der Waals surface area contributed by atoms with E-state index >= 15 is 0 Å². The predicted molar refractivity (Wildman–Crippen MR) is 106 cm³/mol. The lowest BCUT2D eigenvalue weighted by atomic mass is 10.1. The molecule has 0 aliphatic carbocycles. The zero-order valence-corrected chi connectivity index (χ0v) is 16.0. The first kappa shape index (κ1) is 18.1. The van der Waals surface area contributed by atoms with Gasteiger partial charge in [0.1, 0.15) is 5.65 Å². The summed E-state index contributed by atoms with van der Waals surface area (Å²) in [7, 11) is 2.12. The smallest absolute Gasteiger partial charge is 0.137 e. The number of nitrogens with zero attached hydrogens (tertiary/aromatic N) is 3. The van der Waals surface area contributed by atoms with Gasteiger partial charge in [0.2, 0.25) is 0 Å². The molecule has 1 aromatic carbocycles. The zero-order valence-electron chi connectivity index (χ0n) is 14.5. The second-order valence-corrected chi connectivity index (χ2v) is 7.16. The van der Waals surface area contributed by atoms with Gasteiger partial charge in [0.05, 0.1) is 16.4 Å². The van der Waals surface area contributed by atoms with Crippen LogP contribution in [0.4, 0.5) is 5.69 Å². The van der Waals surface area contributed by atoms with Crippen molar-refractivity contribution in [3.05, 3.63) is 52.3 Å². The van der Waals surface area contributed by atoms with E-state index in [4.69, 9.17) is 33.9 Å². The van der Waals surface area contributed by atoms with Crippen molar-refractivity contribution < 1.29 is 0 Å². The molecule has 3 aromatic rings. The Hall–Kier alpha value is -1.75. The Balaban J connectivity index is 2.11. The number of halogens is 2. The SMILES string of the molecule is CCCCN(C)Cc1c(-c2ccc(Cl)cc2Cl)nc2ccc(N)cn12. The molecular formula is C19H22Cl2N4. The molecule has 0 saturated carbocycles. The highest BCUT2D eigenvalue weighted by Gasteiger charge is 2.18. The van der Waals surface area contributed by atoms with Crippen LogP contribution in [0.15, 0.2) is 36.5 Å². The van der Waals surface area contributed by atoms with E-state index in [0.29, 0.717) is 15.7 Å². The molecule has 0 bridgehead atoms. The number of hydrogen-bond donors (Lipinski definition) is 1. The van der Waals surface area contributed by atoms with Gasteiger partial charge in [-0.1, -0.05) is 36.5 Å². The fourth-order valence-corrected chi connectivity index (χ4v) is 3.42. The van der Waals surface area contributed by atoms with Crippen LogP contribution in [0.25, 0.3) is 16.9 Å². The molecular weight excluding hydrogens is 355 g/mol. The van der Waals surface area contributed by atoms with Gasteiger partial charge < -0.3 is 15.0 Å². The van der Waals surface area contributed by atoms with Gasteiger partial charge in [-0.25, -0.2) is 4.98 Å². The molecule has 0 spiro atoms. The summed E-state index contributed by atoms with van der Waals surface area (Å²) in [5.41, 5.74) is 10.4. The number of benzene rings is 1. The monoisotopic (exact) mass is 376 g/mol. The average molecular weight is 377 g/mol. The van der Waals surface area contributed by atoms with Gasteiger partial charge in [-0.05, 0) is 50.3 Å². The van der Waals surface area contributed by atoms with Crippen LogP contribution in [0.3, 0.4) is 0 Å². The largest absolute Gasteiger partial charge is 0.398 e. The van der Waals surface area contributed by atoms with Gasteiger partial charge in [-0.15, -0.1) is 0 Å². The number of nitrogen functional groups attached to an aromatic ring is 1. The van der Waals surface area contributed by atoms with Gasteiger partial charge in [-0.2, -0.15) is 0 Å². The first-order valence-corrected chi connectivity index (χ1v) is 9.15. The Morgan fingerprint density at radius 2 is 2.00 bits per heavy atom. The molecule has 2 heterocycles. The number of hydrogen-bond acceptors (Lipinski definition) is 3. The third-order valence-electron chi connectivity index (χ3n) is 4.24. The summed E-state index contributed by atoms with van der Waals surface area (Å²) in [6, 6.07) is 9.30.